The van der Waals surface area contributed by atoms with E-state index in [1.165, 1.54) is 19.4 Å². The SMILES string of the molecule is CC(C)CNCc1cn(CCN2CCCC2C(C)C)nn1. The van der Waals surface area contributed by atoms with Gasteiger partial charge in [-0.1, -0.05) is 32.9 Å². The Labute approximate surface area is 129 Å². The van der Waals surface area contributed by atoms with Crippen LogP contribution >= 0.6 is 0 Å². The second-order valence-electron chi connectivity index (χ2n) is 6.99. The summed E-state index contributed by atoms with van der Waals surface area (Å²) in [4.78, 5) is 2.61. The summed E-state index contributed by atoms with van der Waals surface area (Å²) in [5.41, 5.74) is 1.04. The van der Waals surface area contributed by atoms with E-state index in [-0.39, 0.29) is 0 Å². The van der Waals surface area contributed by atoms with Gasteiger partial charge in [0, 0.05) is 25.3 Å². The van der Waals surface area contributed by atoms with Crippen LogP contribution in [-0.4, -0.2) is 45.6 Å². The second-order valence-corrected chi connectivity index (χ2v) is 6.99. The number of aromatic nitrogens is 3. The predicted octanol–water partition coefficient (Wildman–Crippen LogP) is 2.14. The third-order valence-corrected chi connectivity index (χ3v) is 4.24. The van der Waals surface area contributed by atoms with E-state index >= 15 is 0 Å². The van der Waals surface area contributed by atoms with E-state index in [2.05, 4.69) is 54.4 Å². The van der Waals surface area contributed by atoms with E-state index in [1.807, 2.05) is 4.68 Å². The fourth-order valence-corrected chi connectivity index (χ4v) is 3.13. The molecule has 2 rings (SSSR count). The van der Waals surface area contributed by atoms with Crippen LogP contribution in [0.15, 0.2) is 6.20 Å². The van der Waals surface area contributed by atoms with Gasteiger partial charge < -0.3 is 5.32 Å². The topological polar surface area (TPSA) is 46.0 Å². The molecule has 1 unspecified atom stereocenters. The minimum atomic E-state index is 0.670. The van der Waals surface area contributed by atoms with Crippen molar-refractivity contribution >= 4 is 0 Å². The normalized spacial score (nSPS) is 20.0. The molecule has 1 aliphatic heterocycles. The number of hydrogen-bond donors (Lipinski definition) is 1. The van der Waals surface area contributed by atoms with Gasteiger partial charge in [0.1, 0.15) is 0 Å². The molecule has 120 valence electrons. The van der Waals surface area contributed by atoms with Crippen LogP contribution in [0.3, 0.4) is 0 Å². The molecule has 1 aromatic heterocycles. The number of nitrogens with one attached hydrogen (secondary N) is 1. The maximum atomic E-state index is 4.24. The zero-order chi connectivity index (χ0) is 15.2. The minimum absolute atomic E-state index is 0.670. The van der Waals surface area contributed by atoms with Crippen LogP contribution < -0.4 is 5.32 Å². The lowest BCUT2D eigenvalue weighted by atomic mass is 10.0. The van der Waals surface area contributed by atoms with Crippen molar-refractivity contribution in [3.05, 3.63) is 11.9 Å². The lowest BCUT2D eigenvalue weighted by Gasteiger charge is -2.27. The molecule has 0 saturated carbocycles. The first-order valence-electron chi connectivity index (χ1n) is 8.40. The third kappa shape index (κ3) is 5.08. The summed E-state index contributed by atoms with van der Waals surface area (Å²) in [7, 11) is 0. The van der Waals surface area contributed by atoms with Crippen molar-refractivity contribution in [3.63, 3.8) is 0 Å². The van der Waals surface area contributed by atoms with Crippen LogP contribution in [0.1, 0.15) is 46.2 Å². The summed E-state index contributed by atoms with van der Waals surface area (Å²) < 4.78 is 1.99. The number of rotatable bonds is 8. The van der Waals surface area contributed by atoms with Crippen LogP contribution in [0.2, 0.25) is 0 Å². The number of likely N-dealkylation sites (tertiary alicyclic amines) is 1. The first-order valence-corrected chi connectivity index (χ1v) is 8.40. The quantitative estimate of drug-likeness (QED) is 0.798. The predicted molar refractivity (Wildman–Crippen MR) is 86.0 cm³/mol. The molecule has 0 bridgehead atoms. The monoisotopic (exact) mass is 293 g/mol. The lowest BCUT2D eigenvalue weighted by molar-refractivity contribution is 0.197. The van der Waals surface area contributed by atoms with Crippen LogP contribution in [0, 0.1) is 11.8 Å². The van der Waals surface area contributed by atoms with Gasteiger partial charge in [-0.05, 0) is 37.8 Å². The fraction of sp³-hybridized carbons (Fsp3) is 0.875. The summed E-state index contributed by atoms with van der Waals surface area (Å²) in [6.07, 6.45) is 4.76. The van der Waals surface area contributed by atoms with E-state index in [0.29, 0.717) is 5.92 Å². The Morgan fingerprint density at radius 1 is 1.29 bits per heavy atom. The molecule has 1 atom stereocenters. The molecule has 0 radical (unpaired) electrons. The molecule has 0 aromatic carbocycles. The highest BCUT2D eigenvalue weighted by Crippen LogP contribution is 2.23. The second kappa shape index (κ2) is 7.90. The molecule has 1 fully saturated rings. The molecular weight excluding hydrogens is 262 g/mol. The van der Waals surface area contributed by atoms with Crippen molar-refractivity contribution in [2.24, 2.45) is 11.8 Å². The van der Waals surface area contributed by atoms with Gasteiger partial charge in [-0.15, -0.1) is 5.10 Å². The smallest absolute Gasteiger partial charge is 0.0964 e. The summed E-state index contributed by atoms with van der Waals surface area (Å²) in [5, 5.41) is 11.9. The molecule has 5 nitrogen and oxygen atoms in total. The highest BCUT2D eigenvalue weighted by molar-refractivity contribution is 4.92. The molecule has 1 N–H and O–H groups in total. The minimum Gasteiger partial charge on any atom is -0.311 e. The van der Waals surface area contributed by atoms with Crippen LogP contribution in [0.25, 0.3) is 0 Å². The molecule has 0 amide bonds. The largest absolute Gasteiger partial charge is 0.311 e. The summed E-state index contributed by atoms with van der Waals surface area (Å²) in [5.74, 6) is 1.42. The van der Waals surface area contributed by atoms with Gasteiger partial charge in [-0.25, -0.2) is 0 Å². The average molecular weight is 293 g/mol. The average Bonchev–Trinajstić information content (AvgIpc) is 3.04. The van der Waals surface area contributed by atoms with Crippen molar-refractivity contribution in [3.8, 4) is 0 Å². The molecule has 1 aliphatic rings. The molecule has 0 aliphatic carbocycles. The standard InChI is InChI=1S/C16H31N5/c1-13(2)10-17-11-15-12-21(19-18-15)9-8-20-7-5-6-16(20)14(3)4/h12-14,16-17H,5-11H2,1-4H3. The summed E-state index contributed by atoms with van der Waals surface area (Å²) in [6.45, 7) is 14.2. The van der Waals surface area contributed by atoms with Crippen LogP contribution in [0.4, 0.5) is 0 Å². The maximum Gasteiger partial charge on any atom is 0.0964 e. The van der Waals surface area contributed by atoms with Crippen molar-refractivity contribution in [2.75, 3.05) is 19.6 Å². The highest BCUT2D eigenvalue weighted by Gasteiger charge is 2.26. The van der Waals surface area contributed by atoms with Crippen molar-refractivity contribution < 1.29 is 0 Å². The van der Waals surface area contributed by atoms with E-state index in [1.54, 1.807) is 0 Å². The molecule has 1 saturated heterocycles. The van der Waals surface area contributed by atoms with Gasteiger partial charge in [-0.2, -0.15) is 0 Å². The molecule has 5 heteroatoms. The molecule has 0 spiro atoms. The van der Waals surface area contributed by atoms with E-state index in [9.17, 15) is 0 Å². The molecule has 2 heterocycles. The van der Waals surface area contributed by atoms with Gasteiger partial charge >= 0.3 is 0 Å². The Morgan fingerprint density at radius 3 is 2.81 bits per heavy atom. The molecule has 1 aromatic rings. The number of hydrogen-bond acceptors (Lipinski definition) is 4. The Kier molecular flexibility index (Phi) is 6.18. The van der Waals surface area contributed by atoms with Gasteiger partial charge in [0.15, 0.2) is 0 Å². The Balaban J connectivity index is 1.75. The van der Waals surface area contributed by atoms with Crippen molar-refractivity contribution in [2.45, 2.75) is 59.7 Å². The van der Waals surface area contributed by atoms with Crippen LogP contribution in [-0.2, 0) is 13.1 Å². The third-order valence-electron chi connectivity index (χ3n) is 4.24. The van der Waals surface area contributed by atoms with Crippen molar-refractivity contribution in [1.82, 2.24) is 25.2 Å². The first-order chi connectivity index (χ1) is 10.1. The van der Waals surface area contributed by atoms with Gasteiger partial charge in [-0.3, -0.25) is 9.58 Å². The Hall–Kier alpha value is -0.940. The Bertz CT molecular complexity index is 413. The van der Waals surface area contributed by atoms with E-state index in [0.717, 1.165) is 43.8 Å². The maximum absolute atomic E-state index is 4.24. The summed E-state index contributed by atoms with van der Waals surface area (Å²) >= 11 is 0. The Morgan fingerprint density at radius 2 is 2.10 bits per heavy atom. The highest BCUT2D eigenvalue weighted by atomic mass is 15.4. The lowest BCUT2D eigenvalue weighted by Crippen LogP contribution is -2.35. The first kappa shape index (κ1) is 16.4. The van der Waals surface area contributed by atoms with E-state index < -0.39 is 0 Å². The summed E-state index contributed by atoms with van der Waals surface area (Å²) in [6, 6.07) is 0.751. The fourth-order valence-electron chi connectivity index (χ4n) is 3.13. The van der Waals surface area contributed by atoms with Crippen molar-refractivity contribution in [1.29, 1.82) is 0 Å². The van der Waals surface area contributed by atoms with Crippen LogP contribution in [0.5, 0.6) is 0 Å². The molecular formula is C16H31N5. The van der Waals surface area contributed by atoms with Gasteiger partial charge in [0.25, 0.3) is 0 Å². The van der Waals surface area contributed by atoms with Gasteiger partial charge in [0.05, 0.1) is 12.2 Å². The zero-order valence-electron chi connectivity index (χ0n) is 14.0. The number of nitrogens with zero attached hydrogens (tertiary/aromatic N) is 4. The van der Waals surface area contributed by atoms with E-state index in [4.69, 9.17) is 0 Å². The van der Waals surface area contributed by atoms with Gasteiger partial charge in [0.2, 0.25) is 0 Å². The zero-order valence-corrected chi connectivity index (χ0v) is 14.0. The molecule has 21 heavy (non-hydrogen) atoms.